The SMILES string of the molecule is c1ccc(-c2nc(-c3ccccc3)nc(-c3ccc(-c4ccc(-c5ccc(-c6ccc(-c7nc(-c8ccccc8)c8oc9ccccc9c8n7)cc6)cc5)cc4)cc3)n2)cc1. The van der Waals surface area contributed by atoms with E-state index in [0.29, 0.717) is 28.9 Å². The topological polar surface area (TPSA) is 77.6 Å². The van der Waals surface area contributed by atoms with E-state index in [1.807, 2.05) is 97.1 Å². The molecule has 0 aliphatic carbocycles. The van der Waals surface area contributed by atoms with Crippen LogP contribution in [-0.4, -0.2) is 24.9 Å². The van der Waals surface area contributed by atoms with Crippen LogP contribution in [0.2, 0.25) is 0 Å². The molecular formula is C55H35N5O. The van der Waals surface area contributed by atoms with Gasteiger partial charge in [0, 0.05) is 33.2 Å². The molecule has 8 aromatic carbocycles. The standard InChI is InChI=1S/C55H35N5O/c1-4-12-42(13-5-1)49-51-50(47-18-10-11-19-48(47)61-51)57-52(56-49)45-32-28-40(29-33-45)38-24-20-36(21-25-38)37-22-26-39(27-23-37)41-30-34-46(35-31-41)55-59-53(43-14-6-2-7-15-43)58-54(60-55)44-16-8-3-9-17-44/h1-35H. The highest BCUT2D eigenvalue weighted by atomic mass is 16.3. The fourth-order valence-electron chi connectivity index (χ4n) is 7.78. The zero-order valence-electron chi connectivity index (χ0n) is 32.9. The number of hydrogen-bond acceptors (Lipinski definition) is 6. The maximum absolute atomic E-state index is 6.29. The van der Waals surface area contributed by atoms with Gasteiger partial charge in [-0.1, -0.05) is 200 Å². The number of furan rings is 1. The summed E-state index contributed by atoms with van der Waals surface area (Å²) in [5.74, 6) is 2.60. The van der Waals surface area contributed by atoms with Crippen LogP contribution in [0.3, 0.4) is 0 Å². The van der Waals surface area contributed by atoms with Crippen LogP contribution >= 0.6 is 0 Å². The van der Waals surface area contributed by atoms with E-state index in [9.17, 15) is 0 Å². The first-order valence-corrected chi connectivity index (χ1v) is 20.2. The molecule has 11 aromatic rings. The Balaban J connectivity index is 0.821. The van der Waals surface area contributed by atoms with Gasteiger partial charge in [0.1, 0.15) is 16.8 Å². The number of benzene rings is 8. The molecule has 0 aliphatic heterocycles. The predicted molar refractivity (Wildman–Crippen MR) is 246 cm³/mol. The molecule has 3 heterocycles. The number of aromatic nitrogens is 5. The summed E-state index contributed by atoms with van der Waals surface area (Å²) in [5, 5.41) is 0.978. The average molecular weight is 782 g/mol. The minimum Gasteiger partial charge on any atom is -0.452 e. The number of para-hydroxylation sites is 1. The second-order valence-corrected chi connectivity index (χ2v) is 14.9. The molecule has 0 spiro atoms. The average Bonchev–Trinajstić information content (AvgIpc) is 3.73. The Kier molecular flexibility index (Phi) is 9.06. The van der Waals surface area contributed by atoms with Crippen molar-refractivity contribution in [3.05, 3.63) is 212 Å². The van der Waals surface area contributed by atoms with Crippen molar-refractivity contribution in [2.24, 2.45) is 0 Å². The van der Waals surface area contributed by atoms with E-state index < -0.39 is 0 Å². The summed E-state index contributed by atoms with van der Waals surface area (Å²) in [6.45, 7) is 0. The van der Waals surface area contributed by atoms with Crippen molar-refractivity contribution in [3.63, 3.8) is 0 Å². The van der Waals surface area contributed by atoms with Crippen molar-refractivity contribution in [2.45, 2.75) is 0 Å². The van der Waals surface area contributed by atoms with Gasteiger partial charge in [0.05, 0.1) is 0 Å². The fraction of sp³-hybridized carbons (Fsp3) is 0. The van der Waals surface area contributed by atoms with Crippen LogP contribution in [0.25, 0.3) is 112 Å². The van der Waals surface area contributed by atoms with E-state index in [1.165, 1.54) is 0 Å². The van der Waals surface area contributed by atoms with E-state index >= 15 is 0 Å². The second-order valence-electron chi connectivity index (χ2n) is 14.9. The Morgan fingerprint density at radius 3 is 0.967 bits per heavy atom. The summed E-state index contributed by atoms with van der Waals surface area (Å²) in [7, 11) is 0. The second kappa shape index (κ2) is 15.4. The molecule has 11 rings (SSSR count). The van der Waals surface area contributed by atoms with Crippen LogP contribution in [-0.2, 0) is 0 Å². The van der Waals surface area contributed by atoms with Crippen molar-refractivity contribution in [1.82, 2.24) is 24.9 Å². The summed E-state index contributed by atoms with van der Waals surface area (Å²) < 4.78 is 6.29. The molecule has 0 amide bonds. The molecular weight excluding hydrogens is 747 g/mol. The minimum absolute atomic E-state index is 0.640. The molecule has 6 nitrogen and oxygen atoms in total. The lowest BCUT2D eigenvalue weighted by molar-refractivity contribution is 0.667. The van der Waals surface area contributed by atoms with Gasteiger partial charge in [-0.25, -0.2) is 24.9 Å². The van der Waals surface area contributed by atoms with Crippen molar-refractivity contribution in [1.29, 1.82) is 0 Å². The zero-order valence-corrected chi connectivity index (χ0v) is 32.9. The van der Waals surface area contributed by atoms with Crippen LogP contribution in [0.15, 0.2) is 217 Å². The highest BCUT2D eigenvalue weighted by molar-refractivity contribution is 6.07. The largest absolute Gasteiger partial charge is 0.452 e. The van der Waals surface area contributed by atoms with E-state index in [4.69, 9.17) is 29.3 Å². The maximum atomic E-state index is 6.29. The molecule has 0 atom stereocenters. The molecule has 286 valence electrons. The monoisotopic (exact) mass is 781 g/mol. The number of rotatable bonds is 8. The van der Waals surface area contributed by atoms with Crippen LogP contribution < -0.4 is 0 Å². The Labute approximate surface area is 352 Å². The molecule has 0 saturated carbocycles. The van der Waals surface area contributed by atoms with Gasteiger partial charge in [0.2, 0.25) is 0 Å². The molecule has 0 aliphatic rings. The smallest absolute Gasteiger partial charge is 0.180 e. The molecule has 0 N–H and O–H groups in total. The van der Waals surface area contributed by atoms with Crippen LogP contribution in [0.5, 0.6) is 0 Å². The Morgan fingerprint density at radius 1 is 0.246 bits per heavy atom. The maximum Gasteiger partial charge on any atom is 0.180 e. The van der Waals surface area contributed by atoms with E-state index in [1.54, 1.807) is 0 Å². The summed E-state index contributed by atoms with van der Waals surface area (Å²) in [6, 6.07) is 72.6. The van der Waals surface area contributed by atoms with Crippen molar-refractivity contribution in [3.8, 4) is 90.2 Å². The quantitative estimate of drug-likeness (QED) is 0.153. The van der Waals surface area contributed by atoms with Crippen LogP contribution in [0.4, 0.5) is 0 Å². The summed E-state index contributed by atoms with van der Waals surface area (Å²) in [5.41, 5.74) is 14.7. The molecule has 0 bridgehead atoms. The Hall–Kier alpha value is -8.35. The van der Waals surface area contributed by atoms with Gasteiger partial charge in [-0.3, -0.25) is 0 Å². The third-order valence-electron chi connectivity index (χ3n) is 11.0. The van der Waals surface area contributed by atoms with Gasteiger partial charge in [-0.15, -0.1) is 0 Å². The third kappa shape index (κ3) is 7.02. The molecule has 6 heteroatoms. The summed E-state index contributed by atoms with van der Waals surface area (Å²) in [4.78, 5) is 24.7. The molecule has 3 aromatic heterocycles. The number of fused-ring (bicyclic) bond motifs is 3. The van der Waals surface area contributed by atoms with Gasteiger partial charge in [-0.2, -0.15) is 0 Å². The molecule has 0 radical (unpaired) electrons. The van der Waals surface area contributed by atoms with Gasteiger partial charge < -0.3 is 4.42 Å². The van der Waals surface area contributed by atoms with Crippen molar-refractivity contribution >= 4 is 22.1 Å². The van der Waals surface area contributed by atoms with Gasteiger partial charge in [-0.05, 0) is 45.5 Å². The van der Waals surface area contributed by atoms with E-state index in [-0.39, 0.29) is 0 Å². The van der Waals surface area contributed by atoms with Crippen molar-refractivity contribution < 1.29 is 4.42 Å². The highest BCUT2D eigenvalue weighted by Gasteiger charge is 2.18. The van der Waals surface area contributed by atoms with E-state index in [0.717, 1.165) is 83.4 Å². The molecule has 0 unspecified atom stereocenters. The Bertz CT molecular complexity index is 3240. The highest BCUT2D eigenvalue weighted by Crippen LogP contribution is 2.36. The number of hydrogen-bond donors (Lipinski definition) is 0. The first-order valence-electron chi connectivity index (χ1n) is 20.2. The van der Waals surface area contributed by atoms with Gasteiger partial charge in [0.25, 0.3) is 0 Å². The number of nitrogens with zero attached hydrogens (tertiary/aromatic N) is 5. The van der Waals surface area contributed by atoms with E-state index in [2.05, 4.69) is 115 Å². The first kappa shape index (κ1) is 35.8. The van der Waals surface area contributed by atoms with Gasteiger partial charge >= 0.3 is 0 Å². The predicted octanol–water partition coefficient (Wildman–Crippen LogP) is 13.9. The first-order chi connectivity index (χ1) is 30.2. The van der Waals surface area contributed by atoms with Crippen LogP contribution in [0, 0.1) is 0 Å². The zero-order chi connectivity index (χ0) is 40.5. The lowest BCUT2D eigenvalue weighted by Gasteiger charge is -2.10. The fourth-order valence-corrected chi connectivity index (χ4v) is 7.78. The lowest BCUT2D eigenvalue weighted by Crippen LogP contribution is -2.00. The molecule has 0 fully saturated rings. The minimum atomic E-state index is 0.640. The molecule has 61 heavy (non-hydrogen) atoms. The summed E-state index contributed by atoms with van der Waals surface area (Å²) >= 11 is 0. The third-order valence-corrected chi connectivity index (χ3v) is 11.0. The Morgan fingerprint density at radius 2 is 0.557 bits per heavy atom. The normalized spacial score (nSPS) is 11.3. The summed E-state index contributed by atoms with van der Waals surface area (Å²) in [6.07, 6.45) is 0. The van der Waals surface area contributed by atoms with Gasteiger partial charge in [0.15, 0.2) is 28.9 Å². The van der Waals surface area contributed by atoms with Crippen molar-refractivity contribution in [2.75, 3.05) is 0 Å². The molecule has 0 saturated heterocycles. The lowest BCUT2D eigenvalue weighted by atomic mass is 9.97. The van der Waals surface area contributed by atoms with Crippen LogP contribution in [0.1, 0.15) is 0 Å².